The van der Waals surface area contributed by atoms with Gasteiger partial charge in [-0.3, -0.25) is 14.3 Å². The first-order chi connectivity index (χ1) is 10.2. The standard InChI is InChI=1S/C17H21N3O.2ClH/c1-3-16(19-10-8-18-9-11-19)15-12-20(13(2)21)17-7-5-4-6-14(15)17;;/h3-7,12,16,18H,1,8-11H2,2H3;2*1H/t16-;;/m1../s1. The van der Waals surface area contributed by atoms with E-state index in [0.29, 0.717) is 0 Å². The van der Waals surface area contributed by atoms with Crippen molar-refractivity contribution in [1.82, 2.24) is 14.8 Å². The van der Waals surface area contributed by atoms with Crippen LogP contribution in [0.5, 0.6) is 0 Å². The molecule has 126 valence electrons. The number of piperazine rings is 1. The van der Waals surface area contributed by atoms with Crippen LogP contribution < -0.4 is 5.32 Å². The number of hydrogen-bond acceptors (Lipinski definition) is 3. The summed E-state index contributed by atoms with van der Waals surface area (Å²) >= 11 is 0. The average Bonchev–Trinajstić information content (AvgIpc) is 2.89. The van der Waals surface area contributed by atoms with Crippen molar-refractivity contribution in [3.05, 3.63) is 48.7 Å². The second-order valence-corrected chi connectivity index (χ2v) is 5.46. The lowest BCUT2D eigenvalue weighted by atomic mass is 10.0. The molecule has 6 heteroatoms. The van der Waals surface area contributed by atoms with Gasteiger partial charge in [-0.15, -0.1) is 31.4 Å². The van der Waals surface area contributed by atoms with Gasteiger partial charge in [0.15, 0.2) is 0 Å². The number of nitrogens with zero attached hydrogens (tertiary/aromatic N) is 2. The number of para-hydroxylation sites is 1. The number of nitrogens with one attached hydrogen (secondary N) is 1. The molecular formula is C17H23Cl2N3O. The molecule has 1 fully saturated rings. The average molecular weight is 356 g/mol. The quantitative estimate of drug-likeness (QED) is 0.858. The molecule has 1 saturated heterocycles. The molecule has 2 heterocycles. The van der Waals surface area contributed by atoms with Crippen LogP contribution >= 0.6 is 24.8 Å². The molecule has 3 rings (SSSR count). The lowest BCUT2D eigenvalue weighted by molar-refractivity contribution is 0.0941. The van der Waals surface area contributed by atoms with E-state index >= 15 is 0 Å². The highest BCUT2D eigenvalue weighted by molar-refractivity contribution is 5.94. The minimum absolute atomic E-state index is 0. The number of benzene rings is 1. The number of carbonyl (C=O) groups is 1. The third-order valence-corrected chi connectivity index (χ3v) is 4.17. The highest BCUT2D eigenvalue weighted by atomic mass is 35.5. The largest absolute Gasteiger partial charge is 0.314 e. The van der Waals surface area contributed by atoms with E-state index in [4.69, 9.17) is 0 Å². The van der Waals surface area contributed by atoms with Crippen molar-refractivity contribution in [3.63, 3.8) is 0 Å². The van der Waals surface area contributed by atoms with Gasteiger partial charge < -0.3 is 5.32 Å². The molecule has 1 aromatic carbocycles. The molecule has 0 unspecified atom stereocenters. The van der Waals surface area contributed by atoms with Gasteiger partial charge in [0, 0.05) is 44.7 Å². The van der Waals surface area contributed by atoms with E-state index in [-0.39, 0.29) is 36.8 Å². The Morgan fingerprint density at radius 3 is 2.52 bits per heavy atom. The highest BCUT2D eigenvalue weighted by Gasteiger charge is 2.23. The van der Waals surface area contributed by atoms with Crippen molar-refractivity contribution in [2.75, 3.05) is 26.2 Å². The zero-order chi connectivity index (χ0) is 14.8. The maximum absolute atomic E-state index is 11.9. The molecule has 0 spiro atoms. The first-order valence-electron chi connectivity index (χ1n) is 7.40. The van der Waals surface area contributed by atoms with Crippen LogP contribution in [0.2, 0.25) is 0 Å². The second-order valence-electron chi connectivity index (χ2n) is 5.46. The van der Waals surface area contributed by atoms with Crippen molar-refractivity contribution in [3.8, 4) is 0 Å². The normalized spacial score (nSPS) is 16.2. The molecule has 0 amide bonds. The van der Waals surface area contributed by atoms with Gasteiger partial charge in [0.1, 0.15) is 0 Å². The number of fused-ring (bicyclic) bond motifs is 1. The van der Waals surface area contributed by atoms with Gasteiger partial charge >= 0.3 is 0 Å². The molecule has 0 radical (unpaired) electrons. The van der Waals surface area contributed by atoms with E-state index < -0.39 is 0 Å². The summed E-state index contributed by atoms with van der Waals surface area (Å²) in [5.74, 6) is 0.0422. The van der Waals surface area contributed by atoms with E-state index in [1.807, 2.05) is 30.5 Å². The summed E-state index contributed by atoms with van der Waals surface area (Å²) in [4.78, 5) is 14.3. The van der Waals surface area contributed by atoms with Gasteiger partial charge in [-0.1, -0.05) is 24.3 Å². The minimum Gasteiger partial charge on any atom is -0.314 e. The van der Waals surface area contributed by atoms with Crippen LogP contribution in [-0.4, -0.2) is 41.6 Å². The molecule has 4 nitrogen and oxygen atoms in total. The number of hydrogen-bond donors (Lipinski definition) is 1. The maximum Gasteiger partial charge on any atom is 0.227 e. The van der Waals surface area contributed by atoms with Crippen molar-refractivity contribution in [2.45, 2.75) is 13.0 Å². The predicted octanol–water partition coefficient (Wildman–Crippen LogP) is 3.28. The number of halogens is 2. The fourth-order valence-corrected chi connectivity index (χ4v) is 3.14. The Morgan fingerprint density at radius 1 is 1.26 bits per heavy atom. The van der Waals surface area contributed by atoms with Crippen molar-refractivity contribution in [1.29, 1.82) is 0 Å². The molecule has 1 N–H and O–H groups in total. The van der Waals surface area contributed by atoms with Crippen LogP contribution in [-0.2, 0) is 0 Å². The predicted molar refractivity (Wildman–Crippen MR) is 100 cm³/mol. The molecule has 1 aliphatic rings. The smallest absolute Gasteiger partial charge is 0.227 e. The lowest BCUT2D eigenvalue weighted by Crippen LogP contribution is -2.44. The van der Waals surface area contributed by atoms with Gasteiger partial charge in [-0.25, -0.2) is 0 Å². The zero-order valence-electron chi connectivity index (χ0n) is 13.2. The monoisotopic (exact) mass is 355 g/mol. The third kappa shape index (κ3) is 3.78. The summed E-state index contributed by atoms with van der Waals surface area (Å²) in [5, 5.41) is 4.51. The van der Waals surface area contributed by atoms with Crippen LogP contribution in [0.3, 0.4) is 0 Å². The van der Waals surface area contributed by atoms with Gasteiger partial charge in [0.05, 0.1) is 11.6 Å². The number of carbonyl (C=O) groups excluding carboxylic acids is 1. The summed E-state index contributed by atoms with van der Waals surface area (Å²) in [7, 11) is 0. The summed E-state index contributed by atoms with van der Waals surface area (Å²) in [6, 6.07) is 8.23. The maximum atomic E-state index is 11.9. The Morgan fingerprint density at radius 2 is 1.91 bits per heavy atom. The number of aromatic nitrogens is 1. The van der Waals surface area contributed by atoms with Gasteiger partial charge in [-0.2, -0.15) is 0 Å². The number of rotatable bonds is 3. The molecule has 0 aliphatic carbocycles. The Hall–Kier alpha value is -1.33. The molecule has 23 heavy (non-hydrogen) atoms. The lowest BCUT2D eigenvalue weighted by Gasteiger charge is -2.33. The Bertz CT molecular complexity index is 678. The highest BCUT2D eigenvalue weighted by Crippen LogP contribution is 2.31. The molecule has 2 aromatic rings. The zero-order valence-corrected chi connectivity index (χ0v) is 14.8. The van der Waals surface area contributed by atoms with Crippen LogP contribution in [0.25, 0.3) is 10.9 Å². The fraction of sp³-hybridized carbons (Fsp3) is 0.353. The van der Waals surface area contributed by atoms with Crippen LogP contribution in [0.4, 0.5) is 0 Å². The molecule has 1 atom stereocenters. The SMILES string of the molecule is C=C[C@H](c1cn(C(C)=O)c2ccccc12)N1CCNCC1.Cl.Cl. The molecule has 1 aliphatic heterocycles. The topological polar surface area (TPSA) is 37.3 Å². The Labute approximate surface area is 149 Å². The van der Waals surface area contributed by atoms with E-state index in [9.17, 15) is 4.79 Å². The summed E-state index contributed by atoms with van der Waals surface area (Å²) < 4.78 is 1.74. The molecule has 1 aromatic heterocycles. The van der Waals surface area contributed by atoms with Gasteiger partial charge in [0.25, 0.3) is 0 Å². The first-order valence-corrected chi connectivity index (χ1v) is 7.40. The van der Waals surface area contributed by atoms with Gasteiger partial charge in [0.2, 0.25) is 5.91 Å². The van der Waals surface area contributed by atoms with E-state index in [1.54, 1.807) is 11.5 Å². The van der Waals surface area contributed by atoms with Crippen LogP contribution in [0, 0.1) is 0 Å². The third-order valence-electron chi connectivity index (χ3n) is 4.17. The Balaban J connectivity index is 0.00000132. The van der Waals surface area contributed by atoms with Crippen LogP contribution in [0.15, 0.2) is 43.1 Å². The first kappa shape index (κ1) is 19.7. The minimum atomic E-state index is 0. The molecule has 0 saturated carbocycles. The molecule has 0 bridgehead atoms. The van der Waals surface area contributed by atoms with E-state index in [2.05, 4.69) is 22.9 Å². The summed E-state index contributed by atoms with van der Waals surface area (Å²) in [6.07, 6.45) is 3.96. The summed E-state index contributed by atoms with van der Waals surface area (Å²) in [6.45, 7) is 9.60. The summed E-state index contributed by atoms with van der Waals surface area (Å²) in [5.41, 5.74) is 2.14. The van der Waals surface area contributed by atoms with Crippen LogP contribution in [0.1, 0.15) is 23.3 Å². The fourth-order valence-electron chi connectivity index (χ4n) is 3.14. The van der Waals surface area contributed by atoms with Crippen molar-refractivity contribution >= 4 is 41.6 Å². The Kier molecular flexibility index (Phi) is 7.29. The van der Waals surface area contributed by atoms with E-state index in [0.717, 1.165) is 42.6 Å². The second kappa shape index (κ2) is 8.50. The van der Waals surface area contributed by atoms with Gasteiger partial charge in [-0.05, 0) is 11.6 Å². The van der Waals surface area contributed by atoms with Crippen molar-refractivity contribution < 1.29 is 4.79 Å². The van der Waals surface area contributed by atoms with E-state index in [1.165, 1.54) is 0 Å². The van der Waals surface area contributed by atoms with Crippen molar-refractivity contribution in [2.24, 2.45) is 0 Å². The molecular weight excluding hydrogens is 333 g/mol.